The van der Waals surface area contributed by atoms with Crippen molar-refractivity contribution in [1.82, 2.24) is 29.1 Å². The second-order valence-electron chi connectivity index (χ2n) is 10.1. The van der Waals surface area contributed by atoms with Crippen LogP contribution in [0.3, 0.4) is 0 Å². The predicted octanol–water partition coefficient (Wildman–Crippen LogP) is 1.90. The van der Waals surface area contributed by atoms with Crippen LogP contribution in [0.25, 0.3) is 10.9 Å². The van der Waals surface area contributed by atoms with Gasteiger partial charge in [-0.1, -0.05) is 11.6 Å². The Morgan fingerprint density at radius 1 is 1.15 bits per heavy atom. The molecule has 40 heavy (non-hydrogen) atoms. The summed E-state index contributed by atoms with van der Waals surface area (Å²) in [6, 6.07) is 5.94. The Morgan fingerprint density at radius 3 is 2.75 bits per heavy atom. The van der Waals surface area contributed by atoms with E-state index in [0.29, 0.717) is 55.2 Å². The zero-order valence-electron chi connectivity index (χ0n) is 21.5. The molecule has 0 aliphatic carbocycles. The fraction of sp³-hybridized carbons (Fsp3) is 0.480. The Bertz CT molecular complexity index is 1550. The summed E-state index contributed by atoms with van der Waals surface area (Å²) >= 11 is 7.28. The number of hydrogen-bond acceptors (Lipinski definition) is 9. The molecule has 2 aromatic heterocycles. The molecular formula is C25H28ClN6O6S2-. The van der Waals surface area contributed by atoms with Crippen molar-refractivity contribution < 1.29 is 22.7 Å². The number of amides is 2. The van der Waals surface area contributed by atoms with Crippen LogP contribution >= 0.6 is 22.9 Å². The molecular weight excluding hydrogens is 580 g/mol. The summed E-state index contributed by atoms with van der Waals surface area (Å²) in [5.74, 6) is -0.514. The smallest absolute Gasteiger partial charge is 0.283 e. The summed E-state index contributed by atoms with van der Waals surface area (Å²) in [6.45, 7) is 2.41. The highest BCUT2D eigenvalue weighted by Gasteiger charge is 2.40. The third kappa shape index (κ3) is 5.36. The molecule has 6 rings (SSSR count). The predicted molar refractivity (Wildman–Crippen MR) is 149 cm³/mol. The Kier molecular flexibility index (Phi) is 7.59. The lowest BCUT2D eigenvalue weighted by atomic mass is 10.1. The monoisotopic (exact) mass is 607 g/mol. The maximum Gasteiger partial charge on any atom is 0.283 e. The van der Waals surface area contributed by atoms with Crippen molar-refractivity contribution in [2.75, 3.05) is 52.5 Å². The van der Waals surface area contributed by atoms with Gasteiger partial charge in [-0.25, -0.2) is 13.4 Å². The van der Waals surface area contributed by atoms with Gasteiger partial charge in [-0.3, -0.25) is 9.59 Å². The van der Waals surface area contributed by atoms with E-state index in [1.54, 1.807) is 34.1 Å². The second-order valence-corrected chi connectivity index (χ2v) is 13.5. The van der Waals surface area contributed by atoms with Crippen molar-refractivity contribution >= 4 is 55.7 Å². The molecule has 0 saturated carbocycles. The minimum Gasteiger partial charge on any atom is -0.785 e. The van der Waals surface area contributed by atoms with Crippen LogP contribution in [-0.2, 0) is 32.5 Å². The number of carbonyl (C=O) groups excluding carboxylic acids is 2. The maximum absolute atomic E-state index is 13.7. The number of aromatic nitrogens is 2. The highest BCUT2D eigenvalue weighted by Crippen LogP contribution is 2.30. The van der Waals surface area contributed by atoms with Crippen LogP contribution in [0.1, 0.15) is 26.8 Å². The summed E-state index contributed by atoms with van der Waals surface area (Å²) in [5, 5.41) is 14.2. The second kappa shape index (κ2) is 11.0. The van der Waals surface area contributed by atoms with Crippen LogP contribution in [0.5, 0.6) is 0 Å². The molecule has 3 aliphatic rings. The van der Waals surface area contributed by atoms with Gasteiger partial charge < -0.3 is 29.8 Å². The van der Waals surface area contributed by atoms with Crippen molar-refractivity contribution in [3.63, 3.8) is 0 Å². The average molecular weight is 608 g/mol. The van der Waals surface area contributed by atoms with Gasteiger partial charge in [0.05, 0.1) is 24.9 Å². The number of thiazole rings is 1. The number of nitrogens with one attached hydrogen (secondary N) is 1. The fourth-order valence-corrected chi connectivity index (χ4v) is 8.10. The van der Waals surface area contributed by atoms with E-state index in [9.17, 15) is 23.2 Å². The first kappa shape index (κ1) is 27.6. The molecule has 3 aliphatic heterocycles. The number of H-pyrrole nitrogens is 1. The molecule has 0 spiro atoms. The van der Waals surface area contributed by atoms with Gasteiger partial charge in [0.2, 0.25) is 5.91 Å². The number of rotatable bonds is 5. The number of nitrogens with zero attached hydrogens (tertiary/aromatic N) is 5. The zero-order valence-corrected chi connectivity index (χ0v) is 23.9. The van der Waals surface area contributed by atoms with Gasteiger partial charge in [0.25, 0.3) is 15.9 Å². The quantitative estimate of drug-likeness (QED) is 0.463. The highest BCUT2D eigenvalue weighted by atomic mass is 35.5. The van der Waals surface area contributed by atoms with Crippen molar-refractivity contribution in [2.45, 2.75) is 30.5 Å². The lowest BCUT2D eigenvalue weighted by Crippen LogP contribution is -2.58. The summed E-state index contributed by atoms with van der Waals surface area (Å²) in [4.78, 5) is 38.4. The molecule has 0 radical (unpaired) electrons. The van der Waals surface area contributed by atoms with Crippen molar-refractivity contribution in [2.24, 2.45) is 0 Å². The largest absolute Gasteiger partial charge is 0.785 e. The van der Waals surface area contributed by atoms with E-state index in [2.05, 4.69) is 9.97 Å². The number of benzene rings is 1. The van der Waals surface area contributed by atoms with Crippen LogP contribution in [0.4, 0.5) is 0 Å². The molecule has 1 unspecified atom stereocenters. The van der Waals surface area contributed by atoms with Gasteiger partial charge in [-0.2, -0.15) is 4.31 Å². The Labute approximate surface area is 240 Å². The van der Waals surface area contributed by atoms with Gasteiger partial charge in [0.1, 0.15) is 5.03 Å². The van der Waals surface area contributed by atoms with Crippen molar-refractivity contribution in [3.05, 3.63) is 50.1 Å². The van der Waals surface area contributed by atoms with Gasteiger partial charge in [0, 0.05) is 72.9 Å². The topological polar surface area (TPSA) is 142 Å². The lowest BCUT2D eigenvalue weighted by molar-refractivity contribution is -0.136. The fourth-order valence-electron chi connectivity index (χ4n) is 5.37. The Hall–Kier alpha value is -2.59. The number of halogens is 1. The highest BCUT2D eigenvalue weighted by molar-refractivity contribution is 7.89. The lowest BCUT2D eigenvalue weighted by Gasteiger charge is -2.41. The van der Waals surface area contributed by atoms with E-state index in [0.717, 1.165) is 15.6 Å². The van der Waals surface area contributed by atoms with Crippen LogP contribution in [0.2, 0.25) is 5.02 Å². The van der Waals surface area contributed by atoms with Gasteiger partial charge in [0.15, 0.2) is 5.01 Å². The zero-order chi connectivity index (χ0) is 28.0. The van der Waals surface area contributed by atoms with Crippen molar-refractivity contribution in [1.29, 1.82) is 0 Å². The van der Waals surface area contributed by atoms with E-state index in [1.165, 1.54) is 15.6 Å². The number of hydroxylamine groups is 2. The summed E-state index contributed by atoms with van der Waals surface area (Å²) < 4.78 is 34.1. The molecule has 3 aromatic rings. The van der Waals surface area contributed by atoms with E-state index < -0.39 is 16.1 Å². The van der Waals surface area contributed by atoms with Gasteiger partial charge in [-0.05, 0) is 30.8 Å². The van der Waals surface area contributed by atoms with Gasteiger partial charge >= 0.3 is 0 Å². The molecule has 0 bridgehead atoms. The number of fused-ring (bicyclic) bond motifs is 2. The van der Waals surface area contributed by atoms with Crippen LogP contribution in [-0.4, -0.2) is 108 Å². The molecule has 1 N–H and O–H groups in total. The Morgan fingerprint density at radius 2 is 1.95 bits per heavy atom. The first-order chi connectivity index (χ1) is 19.2. The molecule has 2 saturated heterocycles. The molecule has 214 valence electrons. The first-order valence-corrected chi connectivity index (χ1v) is 15.7. The number of aromatic amines is 1. The van der Waals surface area contributed by atoms with E-state index in [-0.39, 0.29) is 54.4 Å². The van der Waals surface area contributed by atoms with Crippen molar-refractivity contribution in [3.8, 4) is 0 Å². The molecule has 12 nitrogen and oxygen atoms in total. The van der Waals surface area contributed by atoms with E-state index >= 15 is 0 Å². The number of ether oxygens (including phenoxy) is 1. The number of carbonyl (C=O) groups is 2. The molecule has 5 heterocycles. The normalized spacial score (nSPS) is 21.1. The average Bonchev–Trinajstić information content (AvgIpc) is 3.57. The van der Waals surface area contributed by atoms with E-state index in [1.807, 2.05) is 0 Å². The minimum atomic E-state index is -3.95. The molecule has 1 aromatic carbocycles. The Balaban J connectivity index is 1.27. The molecule has 1 atom stereocenters. The maximum atomic E-state index is 13.7. The van der Waals surface area contributed by atoms with Gasteiger partial charge in [-0.15, -0.1) is 11.3 Å². The van der Waals surface area contributed by atoms with Crippen LogP contribution in [0.15, 0.2) is 29.3 Å². The third-order valence-electron chi connectivity index (χ3n) is 7.54. The first-order valence-electron chi connectivity index (χ1n) is 13.0. The SMILES string of the molecule is O=C(CC1CN(S(=O)(=O)c2cc3cc(Cl)ccc3[nH]2)CCN1C(=O)c1nc2c(s1)CN([O-])CC2)N1CCOCC1. The number of piperazine rings is 1. The number of sulfonamides is 1. The molecule has 2 amide bonds. The van der Waals surface area contributed by atoms with E-state index in [4.69, 9.17) is 16.3 Å². The standard InChI is InChI=1S/C25H28ClN6O6S2/c26-17-1-2-19-16(11-17)12-22(27-19)40(36,37)31-5-6-32(18(14-31)13-23(33)29-7-9-38-10-8-29)25(34)24-28-20-3-4-30(35)15-21(20)39-24/h1-2,11-12,18,27H,3-10,13-15H2/q-1. The van der Waals surface area contributed by atoms with Crippen LogP contribution in [0, 0.1) is 5.21 Å². The number of hydrogen-bond donors (Lipinski definition) is 1. The van der Waals surface area contributed by atoms with Crippen LogP contribution < -0.4 is 0 Å². The number of morpholine rings is 1. The third-order valence-corrected chi connectivity index (χ3v) is 10.6. The summed E-state index contributed by atoms with van der Waals surface area (Å²) in [7, 11) is -3.95. The molecule has 2 fully saturated rings. The summed E-state index contributed by atoms with van der Waals surface area (Å²) in [6.07, 6.45) is 0.447. The molecule has 15 heteroatoms. The minimum absolute atomic E-state index is 0.0255. The summed E-state index contributed by atoms with van der Waals surface area (Å²) in [5.41, 5.74) is 1.39.